The van der Waals surface area contributed by atoms with Crippen LogP contribution >= 0.6 is 0 Å². The summed E-state index contributed by atoms with van der Waals surface area (Å²) in [6.07, 6.45) is 7.23. The molecule has 0 aliphatic carbocycles. The standard InChI is InChI=1S/C32H31N3O/c1-23-29(21-25-9-5-3-6-10-25)31(34-24(2)33-23)35-19-17-32(18-20-35)16-15-28-22-27(13-14-30(28)36-32)26-11-7-4-8-12-26/h3-16,22H,17-21H2,1-2H3. The number of hydrogen-bond acceptors (Lipinski definition) is 4. The number of aromatic nitrogens is 2. The fourth-order valence-electron chi connectivity index (χ4n) is 5.43. The van der Waals surface area contributed by atoms with E-state index in [1.807, 2.05) is 6.92 Å². The normalized spacial score (nSPS) is 16.0. The molecule has 180 valence electrons. The average molecular weight is 474 g/mol. The Morgan fingerprint density at radius 1 is 0.833 bits per heavy atom. The summed E-state index contributed by atoms with van der Waals surface area (Å²) >= 11 is 0. The summed E-state index contributed by atoms with van der Waals surface area (Å²) in [6.45, 7) is 5.90. The highest BCUT2D eigenvalue weighted by atomic mass is 16.5. The van der Waals surface area contributed by atoms with Gasteiger partial charge in [0.05, 0.1) is 0 Å². The quantitative estimate of drug-likeness (QED) is 0.327. The van der Waals surface area contributed by atoms with Crippen LogP contribution in [0, 0.1) is 13.8 Å². The molecule has 4 heteroatoms. The van der Waals surface area contributed by atoms with Crippen molar-refractivity contribution in [3.05, 3.63) is 113 Å². The molecular weight excluding hydrogens is 442 g/mol. The van der Waals surface area contributed by atoms with Crippen LogP contribution in [-0.2, 0) is 6.42 Å². The van der Waals surface area contributed by atoms with Gasteiger partial charge in [-0.2, -0.15) is 0 Å². The van der Waals surface area contributed by atoms with Crippen LogP contribution in [0.1, 0.15) is 41.1 Å². The third kappa shape index (κ3) is 4.39. The van der Waals surface area contributed by atoms with Gasteiger partial charge in [-0.05, 0) is 48.7 Å². The third-order valence-corrected chi connectivity index (χ3v) is 7.43. The van der Waals surface area contributed by atoms with Crippen LogP contribution in [0.5, 0.6) is 5.75 Å². The molecule has 0 bridgehead atoms. The summed E-state index contributed by atoms with van der Waals surface area (Å²) in [5.41, 5.74) is 6.91. The molecule has 4 aromatic rings. The fourth-order valence-corrected chi connectivity index (χ4v) is 5.43. The van der Waals surface area contributed by atoms with Gasteiger partial charge in [0.1, 0.15) is 23.0 Å². The Kier molecular flexibility index (Phi) is 5.80. The van der Waals surface area contributed by atoms with Gasteiger partial charge in [-0.1, -0.05) is 72.8 Å². The maximum atomic E-state index is 6.66. The molecular formula is C32H31N3O. The topological polar surface area (TPSA) is 38.2 Å². The van der Waals surface area contributed by atoms with Crippen molar-refractivity contribution in [2.24, 2.45) is 0 Å². The molecule has 0 N–H and O–H groups in total. The number of piperidine rings is 1. The summed E-state index contributed by atoms with van der Waals surface area (Å²) in [6, 6.07) is 27.6. The highest BCUT2D eigenvalue weighted by Crippen LogP contribution is 2.40. The number of fused-ring (bicyclic) bond motifs is 1. The van der Waals surface area contributed by atoms with E-state index in [0.29, 0.717) is 0 Å². The first-order valence-corrected chi connectivity index (χ1v) is 12.8. The lowest BCUT2D eigenvalue weighted by Crippen LogP contribution is -2.48. The highest BCUT2D eigenvalue weighted by Gasteiger charge is 2.37. The van der Waals surface area contributed by atoms with E-state index in [9.17, 15) is 0 Å². The maximum Gasteiger partial charge on any atom is 0.136 e. The molecule has 4 nitrogen and oxygen atoms in total. The van der Waals surface area contributed by atoms with E-state index in [2.05, 4.69) is 108 Å². The minimum atomic E-state index is -0.255. The molecule has 2 aliphatic rings. The van der Waals surface area contributed by atoms with Gasteiger partial charge in [0.15, 0.2) is 0 Å². The van der Waals surface area contributed by atoms with E-state index in [1.165, 1.54) is 22.3 Å². The van der Waals surface area contributed by atoms with Crippen molar-refractivity contribution in [3.63, 3.8) is 0 Å². The largest absolute Gasteiger partial charge is 0.482 e. The predicted octanol–water partition coefficient (Wildman–Crippen LogP) is 6.80. The van der Waals surface area contributed by atoms with Gasteiger partial charge in [-0.3, -0.25) is 0 Å². The predicted molar refractivity (Wildman–Crippen MR) is 146 cm³/mol. The van der Waals surface area contributed by atoms with Crippen molar-refractivity contribution in [2.75, 3.05) is 18.0 Å². The molecule has 2 aliphatic heterocycles. The van der Waals surface area contributed by atoms with Crippen LogP contribution in [0.25, 0.3) is 17.2 Å². The number of hydrogen-bond donors (Lipinski definition) is 0. The van der Waals surface area contributed by atoms with Crippen molar-refractivity contribution < 1.29 is 4.74 Å². The van der Waals surface area contributed by atoms with E-state index in [-0.39, 0.29) is 5.60 Å². The first kappa shape index (κ1) is 22.5. The Hall–Kier alpha value is -3.92. The SMILES string of the molecule is Cc1nc(C)c(Cc2ccccc2)c(N2CCC3(C=Cc4cc(-c5ccccc5)ccc4O3)CC2)n1. The lowest BCUT2D eigenvalue weighted by molar-refractivity contribution is 0.0891. The lowest BCUT2D eigenvalue weighted by Gasteiger charge is -2.42. The molecule has 1 fully saturated rings. The van der Waals surface area contributed by atoms with Gasteiger partial charge < -0.3 is 9.64 Å². The van der Waals surface area contributed by atoms with Crippen LogP contribution in [0.2, 0.25) is 0 Å². The smallest absolute Gasteiger partial charge is 0.136 e. The van der Waals surface area contributed by atoms with Crippen LogP contribution < -0.4 is 9.64 Å². The number of nitrogens with zero attached hydrogens (tertiary/aromatic N) is 3. The van der Waals surface area contributed by atoms with Gasteiger partial charge >= 0.3 is 0 Å². The summed E-state index contributed by atoms with van der Waals surface area (Å²) in [5, 5.41) is 0. The van der Waals surface area contributed by atoms with Crippen molar-refractivity contribution in [2.45, 2.75) is 38.7 Å². The molecule has 1 aromatic heterocycles. The zero-order valence-electron chi connectivity index (χ0n) is 20.9. The van der Waals surface area contributed by atoms with E-state index in [4.69, 9.17) is 9.72 Å². The van der Waals surface area contributed by atoms with Gasteiger partial charge in [0.2, 0.25) is 0 Å². The molecule has 0 unspecified atom stereocenters. The Balaban J connectivity index is 1.21. The maximum absolute atomic E-state index is 6.66. The Bertz CT molecular complexity index is 1400. The average Bonchev–Trinajstić information content (AvgIpc) is 2.91. The van der Waals surface area contributed by atoms with Crippen molar-refractivity contribution in [1.82, 2.24) is 9.97 Å². The Morgan fingerprint density at radius 3 is 2.31 bits per heavy atom. The Morgan fingerprint density at radius 2 is 1.56 bits per heavy atom. The summed E-state index contributed by atoms with van der Waals surface area (Å²) in [7, 11) is 0. The van der Waals surface area contributed by atoms with E-state index in [0.717, 1.165) is 61.0 Å². The summed E-state index contributed by atoms with van der Waals surface area (Å²) in [4.78, 5) is 12.0. The van der Waals surface area contributed by atoms with Crippen LogP contribution in [-0.4, -0.2) is 28.7 Å². The van der Waals surface area contributed by atoms with E-state index in [1.54, 1.807) is 0 Å². The molecule has 36 heavy (non-hydrogen) atoms. The lowest BCUT2D eigenvalue weighted by atomic mass is 9.87. The Labute approximate surface area is 213 Å². The molecule has 3 heterocycles. The summed E-state index contributed by atoms with van der Waals surface area (Å²) < 4.78 is 6.66. The monoisotopic (exact) mass is 473 g/mol. The molecule has 0 amide bonds. The molecule has 0 atom stereocenters. The molecule has 3 aromatic carbocycles. The van der Waals surface area contributed by atoms with Gasteiger partial charge in [0, 0.05) is 49.2 Å². The second-order valence-electron chi connectivity index (χ2n) is 9.93. The first-order valence-electron chi connectivity index (χ1n) is 12.8. The molecule has 0 saturated carbocycles. The molecule has 0 radical (unpaired) electrons. The van der Waals surface area contributed by atoms with Crippen molar-refractivity contribution in [1.29, 1.82) is 0 Å². The molecule has 1 spiro atoms. The number of benzene rings is 3. The minimum absolute atomic E-state index is 0.255. The minimum Gasteiger partial charge on any atom is -0.482 e. The van der Waals surface area contributed by atoms with Crippen LogP contribution in [0.4, 0.5) is 5.82 Å². The molecule has 1 saturated heterocycles. The zero-order chi connectivity index (χ0) is 24.5. The van der Waals surface area contributed by atoms with Gasteiger partial charge in [-0.15, -0.1) is 0 Å². The summed E-state index contributed by atoms with van der Waals surface area (Å²) in [5.74, 6) is 2.88. The molecule has 6 rings (SSSR count). The fraction of sp³-hybridized carbons (Fsp3) is 0.250. The third-order valence-electron chi connectivity index (χ3n) is 7.43. The van der Waals surface area contributed by atoms with Gasteiger partial charge in [-0.25, -0.2) is 9.97 Å². The van der Waals surface area contributed by atoms with Crippen molar-refractivity contribution >= 4 is 11.9 Å². The van der Waals surface area contributed by atoms with E-state index < -0.39 is 0 Å². The number of anilines is 1. The number of rotatable bonds is 4. The number of aryl methyl sites for hydroxylation is 2. The zero-order valence-corrected chi connectivity index (χ0v) is 20.9. The second kappa shape index (κ2) is 9.27. The van der Waals surface area contributed by atoms with Crippen LogP contribution in [0.3, 0.4) is 0 Å². The first-order chi connectivity index (χ1) is 17.6. The van der Waals surface area contributed by atoms with Crippen LogP contribution in [0.15, 0.2) is 84.9 Å². The second-order valence-corrected chi connectivity index (χ2v) is 9.93. The van der Waals surface area contributed by atoms with Gasteiger partial charge in [0.25, 0.3) is 0 Å². The van der Waals surface area contributed by atoms with E-state index >= 15 is 0 Å². The van der Waals surface area contributed by atoms with Crippen molar-refractivity contribution in [3.8, 4) is 16.9 Å². The highest BCUT2D eigenvalue weighted by molar-refractivity contribution is 5.72. The number of ether oxygens (including phenoxy) is 1.